The molecule has 3 aromatic rings. The maximum absolute atomic E-state index is 12.3. The molecule has 2 aromatic carbocycles. The molecule has 232 valence electrons. The number of thiazole rings is 1. The summed E-state index contributed by atoms with van der Waals surface area (Å²) in [6, 6.07) is 14.2. The Bertz CT molecular complexity index is 1510. The first kappa shape index (κ1) is 34.0. The average Bonchev–Trinajstić information content (AvgIpc) is 3.59. The van der Waals surface area contributed by atoms with Gasteiger partial charge < -0.3 is 20.5 Å². The van der Waals surface area contributed by atoms with Gasteiger partial charge in [-0.1, -0.05) is 59.3 Å². The third kappa shape index (κ3) is 11.6. The molecule has 13 heteroatoms. The SMILES string of the molecule is Cc1nc(NC(=O)CCCCC(=O)OC2CCCC2)sc1-c1ccc(Cl)c(S(C)(=O)=O)c1.NC(=O)OCc1ccccc1. The van der Waals surface area contributed by atoms with Gasteiger partial charge in [0.2, 0.25) is 5.91 Å². The Balaban J connectivity index is 0.000000386. The Morgan fingerprint density at radius 2 is 1.74 bits per heavy atom. The molecule has 0 aliphatic heterocycles. The van der Waals surface area contributed by atoms with Crippen molar-refractivity contribution in [2.24, 2.45) is 5.73 Å². The van der Waals surface area contributed by atoms with E-state index in [0.29, 0.717) is 35.7 Å². The maximum atomic E-state index is 12.3. The molecule has 1 saturated carbocycles. The molecule has 1 aromatic heterocycles. The normalized spacial score (nSPS) is 13.1. The summed E-state index contributed by atoms with van der Waals surface area (Å²) in [5, 5.41) is 3.39. The summed E-state index contributed by atoms with van der Waals surface area (Å²) < 4.78 is 33.9. The number of carbonyl (C=O) groups excluding carboxylic acids is 3. The summed E-state index contributed by atoms with van der Waals surface area (Å²) in [7, 11) is -3.47. The number of aryl methyl sites for hydroxylation is 1. The van der Waals surface area contributed by atoms with Crippen LogP contribution in [0, 0.1) is 6.92 Å². The topological polar surface area (TPSA) is 155 Å². The van der Waals surface area contributed by atoms with E-state index in [-0.39, 0.29) is 40.9 Å². The van der Waals surface area contributed by atoms with Gasteiger partial charge in [0.1, 0.15) is 12.7 Å². The molecular weight excluding hydrogens is 614 g/mol. The Kier molecular flexibility index (Phi) is 13.0. The summed E-state index contributed by atoms with van der Waals surface area (Å²) in [5.41, 5.74) is 7.07. The number of benzene rings is 2. The number of aromatic nitrogens is 1. The second-order valence-corrected chi connectivity index (χ2v) is 13.5. The van der Waals surface area contributed by atoms with Gasteiger partial charge >= 0.3 is 12.1 Å². The first-order valence-electron chi connectivity index (χ1n) is 13.8. The Labute approximate surface area is 260 Å². The third-order valence-corrected chi connectivity index (χ3v) is 9.20. The number of amides is 2. The minimum atomic E-state index is -3.47. The van der Waals surface area contributed by atoms with E-state index in [2.05, 4.69) is 15.0 Å². The fourth-order valence-electron chi connectivity index (χ4n) is 4.36. The van der Waals surface area contributed by atoms with E-state index in [0.717, 1.165) is 42.4 Å². The van der Waals surface area contributed by atoms with E-state index >= 15 is 0 Å². The van der Waals surface area contributed by atoms with Gasteiger partial charge in [-0.3, -0.25) is 9.59 Å². The molecule has 1 fully saturated rings. The number of nitrogens with zero attached hydrogens (tertiary/aromatic N) is 1. The molecule has 1 heterocycles. The Morgan fingerprint density at radius 3 is 2.40 bits per heavy atom. The Morgan fingerprint density at radius 1 is 1.07 bits per heavy atom. The lowest BCUT2D eigenvalue weighted by Gasteiger charge is -2.10. The molecule has 1 aliphatic rings. The van der Waals surface area contributed by atoms with Crippen LogP contribution in [-0.2, 0) is 35.5 Å². The predicted octanol–water partition coefficient (Wildman–Crippen LogP) is 6.44. The highest BCUT2D eigenvalue weighted by Gasteiger charge is 2.19. The molecule has 43 heavy (non-hydrogen) atoms. The lowest BCUT2D eigenvalue weighted by molar-refractivity contribution is -0.148. The molecule has 10 nitrogen and oxygen atoms in total. The molecule has 4 rings (SSSR count). The highest BCUT2D eigenvalue weighted by atomic mass is 35.5. The zero-order chi connectivity index (χ0) is 31.4. The lowest BCUT2D eigenvalue weighted by Crippen LogP contribution is -2.15. The zero-order valence-corrected chi connectivity index (χ0v) is 26.5. The van der Waals surface area contributed by atoms with Crippen molar-refractivity contribution in [3.8, 4) is 10.4 Å². The number of nitrogens with two attached hydrogens (primary N) is 1. The van der Waals surface area contributed by atoms with Crippen LogP contribution >= 0.6 is 22.9 Å². The highest BCUT2D eigenvalue weighted by molar-refractivity contribution is 7.90. The summed E-state index contributed by atoms with van der Waals surface area (Å²) in [6.07, 6.45) is 6.36. The molecular formula is C30H36ClN3O7S2. The van der Waals surface area contributed by atoms with E-state index in [1.54, 1.807) is 19.1 Å². The molecule has 0 spiro atoms. The standard InChI is InChI=1S/C22H27ClN2O5S2.C8H9NO2/c1-14-21(15-11-12-17(23)18(13-15)32(2,28)29)31-22(24-14)25-19(26)9-5-6-10-20(27)30-16-7-3-4-8-16;9-8(10)11-6-7-4-2-1-3-5-7/h11-13,16H,3-10H2,1-2H3,(H,24,25,26);1-5H,6H2,(H2,9,10). The van der Waals surface area contributed by atoms with Gasteiger partial charge in [-0.15, -0.1) is 0 Å². The van der Waals surface area contributed by atoms with E-state index in [1.165, 1.54) is 17.4 Å². The second-order valence-electron chi connectivity index (χ2n) is 10.1. The maximum Gasteiger partial charge on any atom is 0.404 e. The lowest BCUT2D eigenvalue weighted by atomic mass is 10.2. The van der Waals surface area contributed by atoms with Crippen molar-refractivity contribution in [1.82, 2.24) is 4.98 Å². The van der Waals surface area contributed by atoms with Crippen molar-refractivity contribution < 1.29 is 32.3 Å². The molecule has 0 saturated heterocycles. The van der Waals surface area contributed by atoms with Crippen molar-refractivity contribution in [3.63, 3.8) is 0 Å². The summed E-state index contributed by atoms with van der Waals surface area (Å²) >= 11 is 7.30. The minimum absolute atomic E-state index is 0.0570. The van der Waals surface area contributed by atoms with Crippen LogP contribution in [0.5, 0.6) is 0 Å². The third-order valence-electron chi connectivity index (χ3n) is 6.49. The molecule has 0 unspecified atom stereocenters. The molecule has 2 amide bonds. The smallest absolute Gasteiger partial charge is 0.404 e. The number of rotatable bonds is 11. The van der Waals surface area contributed by atoms with Crippen molar-refractivity contribution >= 4 is 55.9 Å². The van der Waals surface area contributed by atoms with Crippen molar-refractivity contribution in [1.29, 1.82) is 0 Å². The van der Waals surface area contributed by atoms with Crippen LogP contribution in [0.4, 0.5) is 9.93 Å². The zero-order valence-electron chi connectivity index (χ0n) is 24.1. The van der Waals surface area contributed by atoms with Gasteiger partial charge in [0, 0.05) is 19.1 Å². The van der Waals surface area contributed by atoms with E-state index in [9.17, 15) is 22.8 Å². The van der Waals surface area contributed by atoms with Crippen LogP contribution in [0.15, 0.2) is 53.4 Å². The second kappa shape index (κ2) is 16.4. The van der Waals surface area contributed by atoms with Crippen LogP contribution in [-0.4, -0.2) is 43.7 Å². The highest BCUT2D eigenvalue weighted by Crippen LogP contribution is 2.35. The Hall–Kier alpha value is -3.48. The number of sulfone groups is 1. The molecule has 0 radical (unpaired) electrons. The number of ether oxygens (including phenoxy) is 2. The van der Waals surface area contributed by atoms with E-state index < -0.39 is 15.9 Å². The van der Waals surface area contributed by atoms with Crippen molar-refractivity contribution in [3.05, 3.63) is 64.8 Å². The quantitative estimate of drug-likeness (QED) is 0.178. The van der Waals surface area contributed by atoms with Crippen LogP contribution in [0.25, 0.3) is 10.4 Å². The molecule has 0 atom stereocenters. The number of unbranched alkanes of at least 4 members (excludes halogenated alkanes) is 1. The van der Waals surface area contributed by atoms with Gasteiger partial charge in [0.15, 0.2) is 15.0 Å². The van der Waals surface area contributed by atoms with Crippen LogP contribution < -0.4 is 11.1 Å². The van der Waals surface area contributed by atoms with E-state index in [1.807, 2.05) is 30.3 Å². The number of primary amides is 1. The van der Waals surface area contributed by atoms with Crippen LogP contribution in [0.2, 0.25) is 5.02 Å². The number of anilines is 1. The largest absolute Gasteiger partial charge is 0.462 e. The first-order valence-corrected chi connectivity index (χ1v) is 16.9. The van der Waals surface area contributed by atoms with Crippen LogP contribution in [0.1, 0.15) is 62.6 Å². The fourth-order valence-corrected chi connectivity index (χ4v) is 6.64. The number of nitrogens with one attached hydrogen (secondary N) is 1. The number of hydrogen-bond acceptors (Lipinski definition) is 9. The monoisotopic (exact) mass is 649 g/mol. The predicted molar refractivity (Wildman–Crippen MR) is 167 cm³/mol. The van der Waals surface area contributed by atoms with Crippen molar-refractivity contribution in [2.75, 3.05) is 11.6 Å². The average molecular weight is 650 g/mol. The number of esters is 1. The molecule has 3 N–H and O–H groups in total. The summed E-state index contributed by atoms with van der Waals surface area (Å²) in [5.74, 6) is -0.365. The van der Waals surface area contributed by atoms with E-state index in [4.69, 9.17) is 22.1 Å². The van der Waals surface area contributed by atoms with Crippen molar-refractivity contribution in [2.45, 2.75) is 75.9 Å². The van der Waals surface area contributed by atoms with Gasteiger partial charge in [-0.25, -0.2) is 18.2 Å². The summed E-state index contributed by atoms with van der Waals surface area (Å²) in [6.45, 7) is 2.04. The minimum Gasteiger partial charge on any atom is -0.462 e. The van der Waals surface area contributed by atoms with Crippen LogP contribution in [0.3, 0.4) is 0 Å². The fraction of sp³-hybridized carbons (Fsp3) is 0.400. The molecule has 0 bridgehead atoms. The molecule has 1 aliphatic carbocycles. The van der Waals surface area contributed by atoms with Gasteiger partial charge in [0.05, 0.1) is 20.5 Å². The number of hydrogen-bond donors (Lipinski definition) is 2. The first-order chi connectivity index (χ1) is 20.4. The number of halogens is 1. The van der Waals surface area contributed by atoms with Gasteiger partial charge in [-0.2, -0.15) is 0 Å². The number of carbonyl (C=O) groups is 3. The van der Waals surface area contributed by atoms with Gasteiger partial charge in [0.25, 0.3) is 0 Å². The van der Waals surface area contributed by atoms with Gasteiger partial charge in [-0.05, 0) is 68.7 Å². The summed E-state index contributed by atoms with van der Waals surface area (Å²) in [4.78, 5) is 39.5.